The maximum Gasteiger partial charge on any atom is 0.0113 e. The lowest BCUT2D eigenvalue weighted by Gasteiger charge is -2.38. The van der Waals surface area contributed by atoms with Crippen molar-refractivity contribution in [3.8, 4) is 0 Å². The van der Waals surface area contributed by atoms with Gasteiger partial charge in [0.2, 0.25) is 0 Å². The molecule has 3 heteroatoms. The minimum atomic E-state index is 0.790. The van der Waals surface area contributed by atoms with Crippen LogP contribution in [0, 0.1) is 0 Å². The molecule has 0 amide bonds. The summed E-state index contributed by atoms with van der Waals surface area (Å²) in [7, 11) is 0. The van der Waals surface area contributed by atoms with Crippen LogP contribution in [0.15, 0.2) is 0 Å². The zero-order valence-electron chi connectivity index (χ0n) is 11.6. The van der Waals surface area contributed by atoms with Gasteiger partial charge in [-0.1, -0.05) is 13.8 Å². The molecule has 2 rings (SSSR count). The van der Waals surface area contributed by atoms with Crippen molar-refractivity contribution >= 4 is 0 Å². The highest BCUT2D eigenvalue weighted by Gasteiger charge is 2.30. The molecule has 2 unspecified atom stereocenters. The molecule has 17 heavy (non-hydrogen) atoms. The molecule has 100 valence electrons. The maximum absolute atomic E-state index is 3.61. The van der Waals surface area contributed by atoms with Crippen LogP contribution in [0.2, 0.25) is 0 Å². The zero-order chi connectivity index (χ0) is 12.1. The highest BCUT2D eigenvalue weighted by atomic mass is 15.3. The van der Waals surface area contributed by atoms with E-state index < -0.39 is 0 Å². The van der Waals surface area contributed by atoms with Gasteiger partial charge in [-0.05, 0) is 38.8 Å². The van der Waals surface area contributed by atoms with Gasteiger partial charge >= 0.3 is 0 Å². The van der Waals surface area contributed by atoms with Gasteiger partial charge in [0.05, 0.1) is 0 Å². The van der Waals surface area contributed by atoms with E-state index in [0.29, 0.717) is 0 Å². The summed E-state index contributed by atoms with van der Waals surface area (Å²) in [6.45, 7) is 12.1. The summed E-state index contributed by atoms with van der Waals surface area (Å²) in [5, 5.41) is 3.61. The third-order valence-electron chi connectivity index (χ3n) is 4.36. The Morgan fingerprint density at radius 2 is 1.82 bits per heavy atom. The van der Waals surface area contributed by atoms with Crippen molar-refractivity contribution in [3.05, 3.63) is 0 Å². The third kappa shape index (κ3) is 3.67. The summed E-state index contributed by atoms with van der Waals surface area (Å²) < 4.78 is 0. The van der Waals surface area contributed by atoms with Gasteiger partial charge in [-0.15, -0.1) is 0 Å². The molecule has 3 nitrogen and oxygen atoms in total. The zero-order valence-corrected chi connectivity index (χ0v) is 11.6. The van der Waals surface area contributed by atoms with E-state index in [9.17, 15) is 0 Å². The molecule has 1 aliphatic carbocycles. The second kappa shape index (κ2) is 6.72. The lowest BCUT2D eigenvalue weighted by atomic mass is 10.1. The summed E-state index contributed by atoms with van der Waals surface area (Å²) >= 11 is 0. The molecule has 1 aliphatic heterocycles. The number of hydrogen-bond donors (Lipinski definition) is 1. The number of nitrogens with zero attached hydrogens (tertiary/aromatic N) is 2. The minimum Gasteiger partial charge on any atom is -0.314 e. The van der Waals surface area contributed by atoms with Crippen LogP contribution in [0.3, 0.4) is 0 Å². The van der Waals surface area contributed by atoms with Gasteiger partial charge < -0.3 is 10.2 Å². The van der Waals surface area contributed by atoms with Gasteiger partial charge in [-0.25, -0.2) is 0 Å². The fourth-order valence-corrected chi connectivity index (χ4v) is 3.43. The molecule has 0 bridgehead atoms. The van der Waals surface area contributed by atoms with Crippen LogP contribution < -0.4 is 5.32 Å². The van der Waals surface area contributed by atoms with E-state index in [4.69, 9.17) is 0 Å². The topological polar surface area (TPSA) is 18.5 Å². The number of piperazine rings is 1. The van der Waals surface area contributed by atoms with Crippen LogP contribution in [0.25, 0.3) is 0 Å². The van der Waals surface area contributed by atoms with Crippen LogP contribution in [-0.4, -0.2) is 61.2 Å². The number of nitrogens with one attached hydrogen (secondary N) is 1. The fourth-order valence-electron chi connectivity index (χ4n) is 3.43. The molecule has 2 fully saturated rings. The van der Waals surface area contributed by atoms with E-state index in [1.807, 2.05) is 0 Å². The summed E-state index contributed by atoms with van der Waals surface area (Å²) in [5.74, 6) is 0. The van der Waals surface area contributed by atoms with E-state index in [2.05, 4.69) is 29.0 Å². The highest BCUT2D eigenvalue weighted by Crippen LogP contribution is 2.25. The second-order valence-corrected chi connectivity index (χ2v) is 5.60. The van der Waals surface area contributed by atoms with Gasteiger partial charge in [0.1, 0.15) is 0 Å². The molecule has 1 N–H and O–H groups in total. The SMILES string of the molecule is CCCN1CCN(C2CCC(NCC)C2)CC1. The molecule has 2 atom stereocenters. The first-order chi connectivity index (χ1) is 8.33. The molecule has 1 saturated heterocycles. The predicted molar refractivity (Wildman–Crippen MR) is 73.4 cm³/mol. The smallest absolute Gasteiger partial charge is 0.0113 e. The number of hydrogen-bond acceptors (Lipinski definition) is 3. The molecular formula is C14H29N3. The molecule has 0 aromatic carbocycles. The standard InChI is InChI=1S/C14H29N3/c1-3-7-16-8-10-17(11-9-16)14-6-5-13(12-14)15-4-2/h13-15H,3-12H2,1-2H3. The van der Waals surface area contributed by atoms with Gasteiger partial charge in [0, 0.05) is 38.3 Å². The lowest BCUT2D eigenvalue weighted by Crippen LogP contribution is -2.50. The molecule has 0 spiro atoms. The van der Waals surface area contributed by atoms with Crippen molar-refractivity contribution in [3.63, 3.8) is 0 Å². The Kier molecular flexibility index (Phi) is 5.26. The van der Waals surface area contributed by atoms with E-state index in [1.54, 1.807) is 0 Å². The van der Waals surface area contributed by atoms with Crippen molar-refractivity contribution in [2.75, 3.05) is 39.3 Å². The van der Waals surface area contributed by atoms with Crippen molar-refractivity contribution in [1.82, 2.24) is 15.1 Å². The average Bonchev–Trinajstić information content (AvgIpc) is 2.80. The van der Waals surface area contributed by atoms with Crippen molar-refractivity contribution in [2.45, 2.75) is 51.6 Å². The Balaban J connectivity index is 1.70. The predicted octanol–water partition coefficient (Wildman–Crippen LogP) is 1.54. The van der Waals surface area contributed by atoms with Gasteiger partial charge in [0.15, 0.2) is 0 Å². The van der Waals surface area contributed by atoms with Gasteiger partial charge in [-0.3, -0.25) is 4.90 Å². The van der Waals surface area contributed by atoms with Crippen LogP contribution in [0.1, 0.15) is 39.5 Å². The largest absolute Gasteiger partial charge is 0.314 e. The Morgan fingerprint density at radius 1 is 1.06 bits per heavy atom. The first-order valence-corrected chi connectivity index (χ1v) is 7.53. The summed E-state index contributed by atoms with van der Waals surface area (Å²) in [5.41, 5.74) is 0. The summed E-state index contributed by atoms with van der Waals surface area (Å²) in [6.07, 6.45) is 5.46. The molecule has 0 aromatic rings. The Labute approximate surface area is 107 Å². The van der Waals surface area contributed by atoms with Gasteiger partial charge in [0.25, 0.3) is 0 Å². The molecule has 1 heterocycles. The Hall–Kier alpha value is -0.120. The highest BCUT2D eigenvalue weighted by molar-refractivity contribution is 4.88. The molecule has 1 saturated carbocycles. The van der Waals surface area contributed by atoms with E-state index in [-0.39, 0.29) is 0 Å². The van der Waals surface area contributed by atoms with Crippen LogP contribution >= 0.6 is 0 Å². The minimum absolute atomic E-state index is 0.790. The summed E-state index contributed by atoms with van der Waals surface area (Å²) in [4.78, 5) is 5.36. The average molecular weight is 239 g/mol. The fraction of sp³-hybridized carbons (Fsp3) is 1.00. The van der Waals surface area contributed by atoms with Crippen LogP contribution in [-0.2, 0) is 0 Å². The van der Waals surface area contributed by atoms with Crippen molar-refractivity contribution in [1.29, 1.82) is 0 Å². The number of rotatable bonds is 5. The normalized spacial score (nSPS) is 32.1. The van der Waals surface area contributed by atoms with Gasteiger partial charge in [-0.2, -0.15) is 0 Å². The summed E-state index contributed by atoms with van der Waals surface area (Å²) in [6, 6.07) is 1.65. The molecular weight excluding hydrogens is 210 g/mol. The van der Waals surface area contributed by atoms with E-state index >= 15 is 0 Å². The van der Waals surface area contributed by atoms with Crippen LogP contribution in [0.5, 0.6) is 0 Å². The van der Waals surface area contributed by atoms with E-state index in [1.165, 1.54) is 58.4 Å². The van der Waals surface area contributed by atoms with Crippen molar-refractivity contribution in [2.24, 2.45) is 0 Å². The first kappa shape index (κ1) is 13.3. The Bertz CT molecular complexity index is 212. The monoisotopic (exact) mass is 239 g/mol. The third-order valence-corrected chi connectivity index (χ3v) is 4.36. The maximum atomic E-state index is 3.61. The molecule has 2 aliphatic rings. The first-order valence-electron chi connectivity index (χ1n) is 7.53. The quantitative estimate of drug-likeness (QED) is 0.785. The van der Waals surface area contributed by atoms with Crippen molar-refractivity contribution < 1.29 is 0 Å². The molecule has 0 radical (unpaired) electrons. The lowest BCUT2D eigenvalue weighted by molar-refractivity contribution is 0.0970. The van der Waals surface area contributed by atoms with E-state index in [0.717, 1.165) is 18.6 Å². The Morgan fingerprint density at radius 3 is 2.47 bits per heavy atom. The van der Waals surface area contributed by atoms with Crippen LogP contribution in [0.4, 0.5) is 0 Å². The molecule has 0 aromatic heterocycles. The second-order valence-electron chi connectivity index (χ2n) is 5.60.